The van der Waals surface area contributed by atoms with E-state index in [0.717, 1.165) is 19.3 Å². The molecule has 3 N–H and O–H groups in total. The smallest absolute Gasteiger partial charge is 0.242 e. The van der Waals surface area contributed by atoms with E-state index in [2.05, 4.69) is 11.6 Å². The molecule has 0 bridgehead atoms. The summed E-state index contributed by atoms with van der Waals surface area (Å²) in [5, 5.41) is 0. The van der Waals surface area contributed by atoms with Gasteiger partial charge in [0.05, 0.1) is 12.8 Å². The van der Waals surface area contributed by atoms with Crippen LogP contribution in [-0.2, 0) is 10.0 Å². The van der Waals surface area contributed by atoms with Gasteiger partial charge in [-0.3, -0.25) is 0 Å². The van der Waals surface area contributed by atoms with Gasteiger partial charge in [0.15, 0.2) is 0 Å². The van der Waals surface area contributed by atoms with Crippen molar-refractivity contribution >= 4 is 15.7 Å². The summed E-state index contributed by atoms with van der Waals surface area (Å²) in [4.78, 5) is 0.118. The van der Waals surface area contributed by atoms with Gasteiger partial charge in [0.25, 0.3) is 0 Å². The predicted molar refractivity (Wildman–Crippen MR) is 74.5 cm³/mol. The molecule has 0 heterocycles. The minimum absolute atomic E-state index is 0.0153. The molecular formula is C13H20N2O3S. The number of nitrogen functional groups attached to an aromatic ring is 1. The van der Waals surface area contributed by atoms with Crippen LogP contribution < -0.4 is 15.2 Å². The van der Waals surface area contributed by atoms with Crippen molar-refractivity contribution in [2.45, 2.75) is 37.1 Å². The second kappa shape index (κ2) is 5.38. The second-order valence-electron chi connectivity index (χ2n) is 5.14. The maximum absolute atomic E-state index is 12.3. The molecular weight excluding hydrogens is 264 g/mol. The lowest BCUT2D eigenvalue weighted by Crippen LogP contribution is -2.33. The molecule has 0 aliphatic heterocycles. The van der Waals surface area contributed by atoms with E-state index in [9.17, 15) is 8.42 Å². The van der Waals surface area contributed by atoms with E-state index < -0.39 is 10.0 Å². The van der Waals surface area contributed by atoms with Crippen LogP contribution in [0.3, 0.4) is 0 Å². The summed E-state index contributed by atoms with van der Waals surface area (Å²) >= 11 is 0. The quantitative estimate of drug-likeness (QED) is 0.825. The summed E-state index contributed by atoms with van der Waals surface area (Å²) in [5.74, 6) is 1.12. The first kappa shape index (κ1) is 14.1. The zero-order chi connectivity index (χ0) is 14.0. The monoisotopic (exact) mass is 284 g/mol. The lowest BCUT2D eigenvalue weighted by Gasteiger charge is -2.14. The molecule has 0 saturated heterocycles. The lowest BCUT2D eigenvalue weighted by atomic mass is 10.1. The molecule has 2 rings (SSSR count). The predicted octanol–water partition coefficient (Wildman–Crippen LogP) is 1.74. The Bertz CT molecular complexity index is 557. The molecule has 0 amide bonds. The number of methoxy groups -OCH3 is 1. The van der Waals surface area contributed by atoms with Crippen molar-refractivity contribution in [1.82, 2.24) is 4.72 Å². The Kier molecular flexibility index (Phi) is 4.01. The van der Waals surface area contributed by atoms with Crippen molar-refractivity contribution in [3.05, 3.63) is 18.2 Å². The third kappa shape index (κ3) is 3.19. The molecule has 1 aliphatic rings. The molecule has 1 aromatic rings. The Morgan fingerprint density at radius 3 is 2.63 bits per heavy atom. The molecule has 19 heavy (non-hydrogen) atoms. The Morgan fingerprint density at radius 1 is 1.37 bits per heavy atom. The molecule has 1 aromatic carbocycles. The van der Waals surface area contributed by atoms with Crippen molar-refractivity contribution in [2.75, 3.05) is 12.8 Å². The highest BCUT2D eigenvalue weighted by atomic mass is 32.2. The van der Waals surface area contributed by atoms with E-state index >= 15 is 0 Å². The number of hydrogen-bond donors (Lipinski definition) is 2. The van der Waals surface area contributed by atoms with Crippen LogP contribution in [0.1, 0.15) is 26.2 Å². The van der Waals surface area contributed by atoms with Crippen LogP contribution >= 0.6 is 0 Å². The van der Waals surface area contributed by atoms with Crippen molar-refractivity contribution in [2.24, 2.45) is 5.92 Å². The molecule has 0 aromatic heterocycles. The first-order valence-electron chi connectivity index (χ1n) is 6.38. The standard InChI is InChI=1S/C13H20N2O3S/c1-9-3-4-10(7-9)15-19(16,17)13-6-5-11(18-2)8-12(13)14/h5-6,8-10,15H,3-4,7,14H2,1-2H3. The van der Waals surface area contributed by atoms with Gasteiger partial charge in [-0.05, 0) is 37.3 Å². The molecule has 2 unspecified atom stereocenters. The van der Waals surface area contributed by atoms with Crippen LogP contribution in [0, 0.1) is 5.92 Å². The number of nitrogens with one attached hydrogen (secondary N) is 1. The van der Waals surface area contributed by atoms with Crippen molar-refractivity contribution in [3.63, 3.8) is 0 Å². The van der Waals surface area contributed by atoms with Gasteiger partial charge >= 0.3 is 0 Å². The number of benzene rings is 1. The molecule has 0 spiro atoms. The molecule has 1 fully saturated rings. The van der Waals surface area contributed by atoms with Crippen LogP contribution in [-0.4, -0.2) is 21.6 Å². The van der Waals surface area contributed by atoms with Crippen LogP contribution in [0.15, 0.2) is 23.1 Å². The maximum atomic E-state index is 12.3. The zero-order valence-corrected chi connectivity index (χ0v) is 12.0. The van der Waals surface area contributed by atoms with Gasteiger partial charge in [0.1, 0.15) is 10.6 Å². The average Bonchev–Trinajstić information content (AvgIpc) is 2.73. The summed E-state index contributed by atoms with van der Waals surface area (Å²) in [5.41, 5.74) is 5.99. The zero-order valence-electron chi connectivity index (χ0n) is 11.2. The fraction of sp³-hybridized carbons (Fsp3) is 0.538. The third-order valence-corrected chi connectivity index (χ3v) is 5.12. The maximum Gasteiger partial charge on any atom is 0.242 e. The largest absolute Gasteiger partial charge is 0.497 e. The molecule has 5 nitrogen and oxygen atoms in total. The molecule has 6 heteroatoms. The highest BCUT2D eigenvalue weighted by Crippen LogP contribution is 2.28. The SMILES string of the molecule is COc1ccc(S(=O)(=O)NC2CCC(C)C2)c(N)c1. The van der Waals surface area contributed by atoms with Gasteiger partial charge in [0, 0.05) is 12.1 Å². The van der Waals surface area contributed by atoms with Gasteiger partial charge in [-0.1, -0.05) is 6.92 Å². The van der Waals surface area contributed by atoms with Gasteiger partial charge in [-0.2, -0.15) is 0 Å². The molecule has 106 valence electrons. The average molecular weight is 284 g/mol. The lowest BCUT2D eigenvalue weighted by molar-refractivity contribution is 0.414. The van der Waals surface area contributed by atoms with Gasteiger partial charge in [0.2, 0.25) is 10.0 Å². The third-order valence-electron chi connectivity index (χ3n) is 3.52. The first-order valence-corrected chi connectivity index (χ1v) is 7.86. The summed E-state index contributed by atoms with van der Waals surface area (Å²) < 4.78 is 32.3. The van der Waals surface area contributed by atoms with Gasteiger partial charge in [-0.15, -0.1) is 0 Å². The van der Waals surface area contributed by atoms with E-state index in [4.69, 9.17) is 10.5 Å². The number of ether oxygens (including phenoxy) is 1. The number of hydrogen-bond acceptors (Lipinski definition) is 4. The van der Waals surface area contributed by atoms with E-state index in [1.165, 1.54) is 19.2 Å². The first-order chi connectivity index (χ1) is 8.92. The van der Waals surface area contributed by atoms with Crippen LogP contribution in [0.4, 0.5) is 5.69 Å². The van der Waals surface area contributed by atoms with E-state index in [-0.39, 0.29) is 16.6 Å². The number of sulfonamides is 1. The minimum atomic E-state index is -3.55. The normalized spacial score (nSPS) is 23.5. The highest BCUT2D eigenvalue weighted by molar-refractivity contribution is 7.89. The summed E-state index contributed by atoms with van der Waals surface area (Å²) in [6.45, 7) is 2.13. The topological polar surface area (TPSA) is 81.4 Å². The fourth-order valence-electron chi connectivity index (χ4n) is 2.50. The number of rotatable bonds is 4. The Hall–Kier alpha value is -1.27. The van der Waals surface area contributed by atoms with Gasteiger partial charge in [-0.25, -0.2) is 13.1 Å². The Balaban J connectivity index is 2.19. The van der Waals surface area contributed by atoms with Crippen LogP contribution in [0.25, 0.3) is 0 Å². The van der Waals surface area contributed by atoms with Crippen molar-refractivity contribution in [1.29, 1.82) is 0 Å². The summed E-state index contributed by atoms with van der Waals surface area (Å²) in [7, 11) is -2.04. The summed E-state index contributed by atoms with van der Waals surface area (Å²) in [6, 6.07) is 4.62. The van der Waals surface area contributed by atoms with Crippen molar-refractivity contribution < 1.29 is 13.2 Å². The van der Waals surface area contributed by atoms with E-state index in [1.807, 2.05) is 0 Å². The number of anilines is 1. The molecule has 1 saturated carbocycles. The number of nitrogens with two attached hydrogens (primary N) is 1. The second-order valence-corrected chi connectivity index (χ2v) is 6.82. The van der Waals surface area contributed by atoms with Crippen LogP contribution in [0.5, 0.6) is 5.75 Å². The fourth-order valence-corrected chi connectivity index (χ4v) is 3.89. The Labute approximate surface area is 114 Å². The molecule has 2 atom stereocenters. The Morgan fingerprint density at radius 2 is 2.11 bits per heavy atom. The minimum Gasteiger partial charge on any atom is -0.497 e. The van der Waals surface area contributed by atoms with E-state index in [1.54, 1.807) is 6.07 Å². The summed E-state index contributed by atoms with van der Waals surface area (Å²) in [6.07, 6.45) is 2.83. The van der Waals surface area contributed by atoms with E-state index in [0.29, 0.717) is 11.7 Å². The van der Waals surface area contributed by atoms with Crippen molar-refractivity contribution in [3.8, 4) is 5.75 Å². The highest BCUT2D eigenvalue weighted by Gasteiger charge is 2.27. The van der Waals surface area contributed by atoms with Gasteiger partial charge < -0.3 is 10.5 Å². The molecule has 1 aliphatic carbocycles. The van der Waals surface area contributed by atoms with Crippen LogP contribution in [0.2, 0.25) is 0 Å². The molecule has 0 radical (unpaired) electrons.